The van der Waals surface area contributed by atoms with Gasteiger partial charge in [0.15, 0.2) is 0 Å². The molecule has 0 saturated carbocycles. The van der Waals surface area contributed by atoms with Crippen LogP contribution >= 0.6 is 27.5 Å². The molecular weight excluding hydrogens is 514 g/mol. The topological polar surface area (TPSA) is 74.0 Å². The van der Waals surface area contributed by atoms with E-state index >= 15 is 0 Å². The zero-order valence-electron chi connectivity index (χ0n) is 18.5. The summed E-state index contributed by atoms with van der Waals surface area (Å²) in [7, 11) is 0. The summed E-state index contributed by atoms with van der Waals surface area (Å²) < 4.78 is 0.867. The summed E-state index contributed by atoms with van der Waals surface area (Å²) in [5.41, 5.74) is 4.68. The first kappa shape index (κ1) is 23.8. The summed E-state index contributed by atoms with van der Waals surface area (Å²) in [5.74, 6) is -0.728. The maximum absolute atomic E-state index is 13.1. The van der Waals surface area contributed by atoms with Gasteiger partial charge in [0.05, 0.1) is 0 Å². The van der Waals surface area contributed by atoms with Gasteiger partial charge >= 0.3 is 0 Å². The Morgan fingerprint density at radius 3 is 2.44 bits per heavy atom. The number of aromatic nitrogens is 1. The molecule has 0 saturated heterocycles. The Labute approximate surface area is 211 Å². The molecule has 34 heavy (non-hydrogen) atoms. The van der Waals surface area contributed by atoms with Crippen molar-refractivity contribution in [3.05, 3.63) is 110 Å². The zero-order chi connectivity index (χ0) is 24.1. The molecule has 0 aliphatic carbocycles. The predicted molar refractivity (Wildman–Crippen MR) is 141 cm³/mol. The van der Waals surface area contributed by atoms with Crippen LogP contribution in [0.1, 0.15) is 27.2 Å². The molecule has 0 bridgehead atoms. The number of halogens is 2. The molecule has 1 heterocycles. The van der Waals surface area contributed by atoms with Gasteiger partial charge in [-0.2, -0.15) is 0 Å². The summed E-state index contributed by atoms with van der Waals surface area (Å²) in [6.45, 7) is 2.45. The third kappa shape index (κ3) is 5.76. The van der Waals surface area contributed by atoms with Crippen LogP contribution in [0.4, 0.5) is 0 Å². The first-order valence-corrected chi connectivity index (χ1v) is 12.0. The van der Waals surface area contributed by atoms with Gasteiger partial charge in [-0.15, -0.1) is 0 Å². The highest BCUT2D eigenvalue weighted by Crippen LogP contribution is 2.22. The van der Waals surface area contributed by atoms with E-state index in [1.165, 1.54) is 0 Å². The van der Waals surface area contributed by atoms with Crippen LogP contribution in [-0.4, -0.2) is 23.3 Å². The molecule has 3 N–H and O–H groups in total. The molecule has 0 fully saturated rings. The van der Waals surface area contributed by atoms with E-state index in [4.69, 9.17) is 11.6 Å². The molecule has 0 unspecified atom stereocenters. The smallest absolute Gasteiger partial charge is 0.267 e. The fourth-order valence-electron chi connectivity index (χ4n) is 3.73. The van der Waals surface area contributed by atoms with Crippen LogP contribution in [0.3, 0.4) is 0 Å². The summed E-state index contributed by atoms with van der Waals surface area (Å²) in [6.07, 6.45) is 2.30. The predicted octanol–water partition coefficient (Wildman–Crippen LogP) is 6.02. The molecule has 0 radical (unpaired) electrons. The van der Waals surface area contributed by atoms with Gasteiger partial charge in [-0.05, 0) is 73.0 Å². The lowest BCUT2D eigenvalue weighted by Crippen LogP contribution is -2.35. The minimum absolute atomic E-state index is 0.158. The van der Waals surface area contributed by atoms with Crippen molar-refractivity contribution in [3.8, 4) is 0 Å². The first-order chi connectivity index (χ1) is 16.4. The molecule has 0 atom stereocenters. The van der Waals surface area contributed by atoms with Crippen LogP contribution in [0.2, 0.25) is 5.02 Å². The van der Waals surface area contributed by atoms with E-state index in [1.54, 1.807) is 54.6 Å². The number of hydrogen-bond donors (Lipinski definition) is 3. The molecule has 172 valence electrons. The second-order valence-corrected chi connectivity index (χ2v) is 9.20. The number of aryl methyl sites for hydroxylation is 1. The number of aromatic amines is 1. The van der Waals surface area contributed by atoms with Crippen molar-refractivity contribution < 1.29 is 9.59 Å². The van der Waals surface area contributed by atoms with Crippen molar-refractivity contribution in [2.45, 2.75) is 13.3 Å². The Morgan fingerprint density at radius 1 is 1.00 bits per heavy atom. The van der Waals surface area contributed by atoms with Gasteiger partial charge in [0.1, 0.15) is 5.70 Å². The Hall–Kier alpha value is -3.35. The first-order valence-electron chi connectivity index (χ1n) is 10.8. The molecular formula is C27H23BrClN3O2. The van der Waals surface area contributed by atoms with E-state index in [1.807, 2.05) is 25.1 Å². The molecule has 4 aromatic rings. The Balaban J connectivity index is 1.50. The number of amides is 2. The SMILES string of the molecule is Cc1[nH]c2ccccc2c1CCNC(=O)C(=Cc1ccc(Cl)cc1)NC(=O)c1ccc(Br)cc1. The van der Waals surface area contributed by atoms with Gasteiger partial charge in [-0.3, -0.25) is 9.59 Å². The van der Waals surface area contributed by atoms with Gasteiger partial charge < -0.3 is 15.6 Å². The van der Waals surface area contributed by atoms with E-state index in [-0.39, 0.29) is 17.5 Å². The Bertz CT molecular complexity index is 1360. The average molecular weight is 537 g/mol. The van der Waals surface area contributed by atoms with Gasteiger partial charge in [-0.25, -0.2) is 0 Å². The second kappa shape index (κ2) is 10.7. The molecule has 3 aromatic carbocycles. The van der Waals surface area contributed by atoms with Crippen molar-refractivity contribution in [2.75, 3.05) is 6.54 Å². The van der Waals surface area contributed by atoms with Crippen molar-refractivity contribution in [1.29, 1.82) is 0 Å². The summed E-state index contributed by atoms with van der Waals surface area (Å²) in [5, 5.41) is 7.44. The van der Waals surface area contributed by atoms with Crippen molar-refractivity contribution in [2.24, 2.45) is 0 Å². The molecule has 5 nitrogen and oxygen atoms in total. The number of carbonyl (C=O) groups excluding carboxylic acids is 2. The molecule has 0 aliphatic heterocycles. The van der Waals surface area contributed by atoms with Crippen molar-refractivity contribution in [3.63, 3.8) is 0 Å². The van der Waals surface area contributed by atoms with Crippen LogP contribution in [0, 0.1) is 6.92 Å². The number of fused-ring (bicyclic) bond motifs is 1. The van der Waals surface area contributed by atoms with E-state index < -0.39 is 0 Å². The van der Waals surface area contributed by atoms with Gasteiger partial charge in [0, 0.05) is 38.2 Å². The van der Waals surface area contributed by atoms with Crippen LogP contribution in [0.25, 0.3) is 17.0 Å². The van der Waals surface area contributed by atoms with E-state index in [0.29, 0.717) is 23.6 Å². The number of H-pyrrole nitrogens is 1. The monoisotopic (exact) mass is 535 g/mol. The number of rotatable bonds is 7. The largest absolute Gasteiger partial charge is 0.358 e. The third-order valence-electron chi connectivity index (χ3n) is 5.47. The van der Waals surface area contributed by atoms with Gasteiger partial charge in [0.25, 0.3) is 11.8 Å². The summed E-state index contributed by atoms with van der Waals surface area (Å²) in [4.78, 5) is 29.2. The molecule has 4 rings (SSSR count). The van der Waals surface area contributed by atoms with Crippen LogP contribution < -0.4 is 10.6 Å². The maximum Gasteiger partial charge on any atom is 0.267 e. The highest BCUT2D eigenvalue weighted by atomic mass is 79.9. The number of benzene rings is 3. The highest BCUT2D eigenvalue weighted by Gasteiger charge is 2.15. The quantitative estimate of drug-likeness (QED) is 0.253. The van der Waals surface area contributed by atoms with Gasteiger partial charge in [-0.1, -0.05) is 57.9 Å². The normalized spacial score (nSPS) is 11.4. The summed E-state index contributed by atoms with van der Waals surface area (Å²) in [6, 6.07) is 22.1. The fourth-order valence-corrected chi connectivity index (χ4v) is 4.12. The van der Waals surface area contributed by atoms with Crippen molar-refractivity contribution in [1.82, 2.24) is 15.6 Å². The summed E-state index contributed by atoms with van der Waals surface area (Å²) >= 11 is 9.35. The Kier molecular flexibility index (Phi) is 7.50. The molecule has 0 aliphatic rings. The second-order valence-electron chi connectivity index (χ2n) is 7.85. The number of hydrogen-bond acceptors (Lipinski definition) is 2. The van der Waals surface area contributed by atoms with Gasteiger partial charge in [0.2, 0.25) is 0 Å². The molecule has 7 heteroatoms. The van der Waals surface area contributed by atoms with Crippen LogP contribution in [0.15, 0.2) is 83.0 Å². The Morgan fingerprint density at radius 2 is 1.71 bits per heavy atom. The third-order valence-corrected chi connectivity index (χ3v) is 6.25. The fraction of sp³-hybridized carbons (Fsp3) is 0.111. The van der Waals surface area contributed by atoms with Crippen LogP contribution in [-0.2, 0) is 11.2 Å². The zero-order valence-corrected chi connectivity index (χ0v) is 20.8. The standard InChI is InChI=1S/C27H23BrClN3O2/c1-17-22(23-4-2-3-5-24(23)31-17)14-15-30-27(34)25(16-18-6-12-21(29)13-7-18)32-26(33)19-8-10-20(28)11-9-19/h2-13,16,31H,14-15H2,1H3,(H,30,34)(H,32,33). The molecule has 1 aromatic heterocycles. The minimum Gasteiger partial charge on any atom is -0.358 e. The lowest BCUT2D eigenvalue weighted by molar-refractivity contribution is -0.117. The average Bonchev–Trinajstić information content (AvgIpc) is 3.15. The lowest BCUT2D eigenvalue weighted by atomic mass is 10.1. The molecule has 2 amide bonds. The number of nitrogens with one attached hydrogen (secondary N) is 3. The van der Waals surface area contributed by atoms with Crippen molar-refractivity contribution >= 4 is 56.3 Å². The highest BCUT2D eigenvalue weighted by molar-refractivity contribution is 9.10. The number of carbonyl (C=O) groups is 2. The lowest BCUT2D eigenvalue weighted by Gasteiger charge is -2.12. The maximum atomic E-state index is 13.1. The van der Waals surface area contributed by atoms with E-state index in [0.717, 1.165) is 32.2 Å². The number of para-hydroxylation sites is 1. The van der Waals surface area contributed by atoms with E-state index in [2.05, 4.69) is 37.6 Å². The minimum atomic E-state index is -0.365. The molecule has 0 spiro atoms. The van der Waals surface area contributed by atoms with Crippen LogP contribution in [0.5, 0.6) is 0 Å². The van der Waals surface area contributed by atoms with E-state index in [9.17, 15) is 9.59 Å².